The van der Waals surface area contributed by atoms with Crippen LogP contribution in [-0.4, -0.2) is 71.3 Å². The Bertz CT molecular complexity index is 734. The maximum Gasteiger partial charge on any atom is 0.227 e. The van der Waals surface area contributed by atoms with E-state index in [9.17, 15) is 4.79 Å². The number of piperazine rings is 1. The first kappa shape index (κ1) is 19.5. The fraction of sp³-hybridized carbons (Fsp3) is 0.650. The monoisotopic (exact) mass is 404 g/mol. The molecule has 1 unspecified atom stereocenters. The van der Waals surface area contributed by atoms with E-state index in [4.69, 9.17) is 9.26 Å². The van der Waals surface area contributed by atoms with Gasteiger partial charge in [0.1, 0.15) is 0 Å². The quantitative estimate of drug-likeness (QED) is 0.674. The van der Waals surface area contributed by atoms with Gasteiger partial charge < -0.3 is 14.2 Å². The van der Waals surface area contributed by atoms with Gasteiger partial charge in [-0.1, -0.05) is 11.2 Å². The molecule has 28 heavy (non-hydrogen) atoms. The Morgan fingerprint density at radius 2 is 2.18 bits per heavy atom. The SMILES string of the molecule is O=C(CCC1CCCO1)N1CCN(CCCc2nc(-c3cccs3)no2)CC1. The number of hydrogen-bond donors (Lipinski definition) is 0. The highest BCUT2D eigenvalue weighted by atomic mass is 32.1. The minimum atomic E-state index is 0.280. The Hall–Kier alpha value is -1.77. The smallest absolute Gasteiger partial charge is 0.227 e. The summed E-state index contributed by atoms with van der Waals surface area (Å²) >= 11 is 1.62. The van der Waals surface area contributed by atoms with Crippen LogP contribution in [0.1, 0.15) is 38.0 Å². The van der Waals surface area contributed by atoms with Gasteiger partial charge in [-0.2, -0.15) is 4.98 Å². The van der Waals surface area contributed by atoms with E-state index in [2.05, 4.69) is 15.0 Å². The molecule has 2 saturated heterocycles. The fourth-order valence-electron chi connectivity index (χ4n) is 3.85. The van der Waals surface area contributed by atoms with Gasteiger partial charge in [-0.25, -0.2) is 0 Å². The molecule has 7 nitrogen and oxygen atoms in total. The highest BCUT2D eigenvalue weighted by Gasteiger charge is 2.23. The lowest BCUT2D eigenvalue weighted by atomic mass is 10.1. The summed E-state index contributed by atoms with van der Waals surface area (Å²) in [6.07, 6.45) is 5.81. The van der Waals surface area contributed by atoms with Crippen LogP contribution in [0.15, 0.2) is 22.0 Å². The van der Waals surface area contributed by atoms with Crippen molar-refractivity contribution in [2.75, 3.05) is 39.3 Å². The number of ether oxygens (including phenoxy) is 1. The second-order valence-corrected chi connectivity index (χ2v) is 8.44. The van der Waals surface area contributed by atoms with Crippen LogP contribution in [0.25, 0.3) is 10.7 Å². The third-order valence-corrected chi connectivity index (χ3v) is 6.37. The summed E-state index contributed by atoms with van der Waals surface area (Å²) in [5.74, 6) is 1.66. The number of thiophene rings is 1. The van der Waals surface area contributed by atoms with Gasteiger partial charge in [0.25, 0.3) is 0 Å². The van der Waals surface area contributed by atoms with Crippen LogP contribution < -0.4 is 0 Å². The number of carbonyl (C=O) groups is 1. The highest BCUT2D eigenvalue weighted by molar-refractivity contribution is 7.13. The maximum atomic E-state index is 12.4. The molecule has 0 N–H and O–H groups in total. The lowest BCUT2D eigenvalue weighted by Crippen LogP contribution is -2.48. The van der Waals surface area contributed by atoms with Crippen LogP contribution in [0.2, 0.25) is 0 Å². The predicted octanol–water partition coefficient (Wildman–Crippen LogP) is 2.83. The van der Waals surface area contributed by atoms with E-state index in [-0.39, 0.29) is 5.91 Å². The number of amides is 1. The third kappa shape index (κ3) is 5.18. The topological polar surface area (TPSA) is 71.7 Å². The standard InChI is InChI=1S/C20H28N4O3S/c25-19(8-7-16-4-2-14-26-16)24-12-10-23(11-13-24)9-1-6-18-21-20(22-27-18)17-5-3-15-28-17/h3,5,15-16H,1-2,4,6-14H2. The van der Waals surface area contributed by atoms with E-state index in [1.54, 1.807) is 11.3 Å². The molecule has 0 aromatic carbocycles. The van der Waals surface area contributed by atoms with Crippen LogP contribution >= 0.6 is 11.3 Å². The first-order chi connectivity index (χ1) is 13.8. The van der Waals surface area contributed by atoms with Crippen molar-refractivity contribution in [3.63, 3.8) is 0 Å². The van der Waals surface area contributed by atoms with Gasteiger partial charge in [0, 0.05) is 45.6 Å². The molecular formula is C20H28N4O3S. The molecule has 0 bridgehead atoms. The van der Waals surface area contributed by atoms with E-state index < -0.39 is 0 Å². The Morgan fingerprint density at radius 1 is 1.29 bits per heavy atom. The molecule has 1 atom stereocenters. The van der Waals surface area contributed by atoms with E-state index in [0.717, 1.165) is 76.3 Å². The van der Waals surface area contributed by atoms with Crippen LogP contribution in [0, 0.1) is 0 Å². The Morgan fingerprint density at radius 3 is 2.93 bits per heavy atom. The molecule has 2 aromatic heterocycles. The van der Waals surface area contributed by atoms with Crippen molar-refractivity contribution in [2.45, 2.75) is 44.6 Å². The molecule has 2 aliphatic rings. The summed E-state index contributed by atoms with van der Waals surface area (Å²) in [5.41, 5.74) is 0. The molecule has 4 heterocycles. The number of aromatic nitrogens is 2. The average molecular weight is 405 g/mol. The first-order valence-electron chi connectivity index (χ1n) is 10.3. The maximum absolute atomic E-state index is 12.4. The summed E-state index contributed by atoms with van der Waals surface area (Å²) in [4.78, 5) is 22.3. The number of nitrogens with zero attached hydrogens (tertiary/aromatic N) is 4. The van der Waals surface area contributed by atoms with Crippen LogP contribution in [0.5, 0.6) is 0 Å². The zero-order chi connectivity index (χ0) is 19.2. The molecule has 2 aromatic rings. The van der Waals surface area contributed by atoms with Gasteiger partial charge in [-0.3, -0.25) is 9.69 Å². The largest absolute Gasteiger partial charge is 0.378 e. The van der Waals surface area contributed by atoms with Crippen molar-refractivity contribution >= 4 is 17.2 Å². The molecular weight excluding hydrogens is 376 g/mol. The van der Waals surface area contributed by atoms with Crippen LogP contribution in [0.3, 0.4) is 0 Å². The number of carbonyl (C=O) groups excluding carboxylic acids is 1. The van der Waals surface area contributed by atoms with Crippen molar-refractivity contribution in [3.8, 4) is 10.7 Å². The van der Waals surface area contributed by atoms with Crippen molar-refractivity contribution in [3.05, 3.63) is 23.4 Å². The lowest BCUT2D eigenvalue weighted by Gasteiger charge is -2.34. The van der Waals surface area contributed by atoms with E-state index in [1.165, 1.54) is 0 Å². The molecule has 0 saturated carbocycles. The van der Waals surface area contributed by atoms with Crippen LogP contribution in [-0.2, 0) is 16.0 Å². The first-order valence-corrected chi connectivity index (χ1v) is 11.1. The zero-order valence-electron chi connectivity index (χ0n) is 16.2. The molecule has 1 amide bonds. The summed E-state index contributed by atoms with van der Waals surface area (Å²) in [6.45, 7) is 5.39. The Labute approximate surface area is 169 Å². The van der Waals surface area contributed by atoms with Gasteiger partial charge in [-0.05, 0) is 43.7 Å². The van der Waals surface area contributed by atoms with Gasteiger partial charge in [-0.15, -0.1) is 11.3 Å². The number of rotatable bonds is 8. The van der Waals surface area contributed by atoms with E-state index in [1.807, 2.05) is 22.4 Å². The normalized spacial score (nSPS) is 20.7. The number of hydrogen-bond acceptors (Lipinski definition) is 7. The highest BCUT2D eigenvalue weighted by Crippen LogP contribution is 2.21. The third-order valence-electron chi connectivity index (χ3n) is 5.50. The molecule has 8 heteroatoms. The molecule has 0 spiro atoms. The Kier molecular flexibility index (Phi) is 6.72. The predicted molar refractivity (Wildman–Crippen MR) is 107 cm³/mol. The molecule has 0 aliphatic carbocycles. The second kappa shape index (κ2) is 9.62. The zero-order valence-corrected chi connectivity index (χ0v) is 17.0. The van der Waals surface area contributed by atoms with Crippen molar-refractivity contribution in [2.24, 2.45) is 0 Å². The van der Waals surface area contributed by atoms with Crippen molar-refractivity contribution in [1.29, 1.82) is 0 Å². The Balaban J connectivity index is 1.12. The molecule has 2 aliphatic heterocycles. The summed E-state index contributed by atoms with van der Waals surface area (Å²) in [6, 6.07) is 3.99. The molecule has 152 valence electrons. The minimum Gasteiger partial charge on any atom is -0.378 e. The average Bonchev–Trinajstić information content (AvgIpc) is 3.49. The summed E-state index contributed by atoms with van der Waals surface area (Å²) in [7, 11) is 0. The minimum absolute atomic E-state index is 0.280. The van der Waals surface area contributed by atoms with Gasteiger partial charge >= 0.3 is 0 Å². The summed E-state index contributed by atoms with van der Waals surface area (Å²) in [5, 5.41) is 6.07. The lowest BCUT2D eigenvalue weighted by molar-refractivity contribution is -0.133. The van der Waals surface area contributed by atoms with Gasteiger partial charge in [0.2, 0.25) is 17.6 Å². The van der Waals surface area contributed by atoms with Crippen molar-refractivity contribution in [1.82, 2.24) is 19.9 Å². The molecule has 0 radical (unpaired) electrons. The van der Waals surface area contributed by atoms with Gasteiger partial charge in [0.15, 0.2) is 0 Å². The van der Waals surface area contributed by atoms with Gasteiger partial charge in [0.05, 0.1) is 11.0 Å². The van der Waals surface area contributed by atoms with Crippen LogP contribution in [0.4, 0.5) is 0 Å². The second-order valence-electron chi connectivity index (χ2n) is 7.49. The van der Waals surface area contributed by atoms with Crippen molar-refractivity contribution < 1.29 is 14.1 Å². The van der Waals surface area contributed by atoms with E-state index >= 15 is 0 Å². The van der Waals surface area contributed by atoms with E-state index in [0.29, 0.717) is 24.2 Å². The molecule has 2 fully saturated rings. The summed E-state index contributed by atoms with van der Waals surface area (Å²) < 4.78 is 11.0. The number of aryl methyl sites for hydroxylation is 1. The fourth-order valence-corrected chi connectivity index (χ4v) is 4.50. The molecule has 4 rings (SSSR count).